The van der Waals surface area contributed by atoms with E-state index in [2.05, 4.69) is 6.92 Å². The van der Waals surface area contributed by atoms with E-state index in [1.807, 2.05) is 13.0 Å². The third kappa shape index (κ3) is 2.02. The Bertz CT molecular complexity index is 450. The molecule has 0 aliphatic heterocycles. The molecule has 2 nitrogen and oxygen atoms in total. The van der Waals surface area contributed by atoms with Gasteiger partial charge in [0.15, 0.2) is 0 Å². The van der Waals surface area contributed by atoms with Gasteiger partial charge in [-0.2, -0.15) is 0 Å². The summed E-state index contributed by atoms with van der Waals surface area (Å²) in [7, 11) is 1.73. The minimum atomic E-state index is 0.0623. The van der Waals surface area contributed by atoms with E-state index >= 15 is 0 Å². The van der Waals surface area contributed by atoms with Crippen LogP contribution < -0.4 is 10.5 Å². The lowest BCUT2D eigenvalue weighted by Crippen LogP contribution is -2.33. The fraction of sp³-hybridized carbons (Fsp3) is 0.600. The van der Waals surface area contributed by atoms with Crippen LogP contribution in [0.15, 0.2) is 6.07 Å². The van der Waals surface area contributed by atoms with E-state index in [1.165, 1.54) is 18.4 Å². The van der Waals surface area contributed by atoms with Crippen LogP contribution in [0, 0.1) is 13.8 Å². The van der Waals surface area contributed by atoms with Crippen LogP contribution in [0.1, 0.15) is 42.4 Å². The van der Waals surface area contributed by atoms with Crippen LogP contribution in [0.2, 0.25) is 5.02 Å². The summed E-state index contributed by atoms with van der Waals surface area (Å²) < 4.78 is 5.59. The second-order valence-corrected chi connectivity index (χ2v) is 5.78. The van der Waals surface area contributed by atoms with Crippen LogP contribution in [0.4, 0.5) is 0 Å². The first-order chi connectivity index (χ1) is 8.55. The first kappa shape index (κ1) is 13.7. The van der Waals surface area contributed by atoms with Crippen molar-refractivity contribution in [3.63, 3.8) is 0 Å². The number of aryl methyl sites for hydroxylation is 1. The predicted octanol–water partition coefficient (Wildman–Crippen LogP) is 3.74. The van der Waals surface area contributed by atoms with Crippen molar-refractivity contribution >= 4 is 11.6 Å². The van der Waals surface area contributed by atoms with Crippen LogP contribution in [-0.4, -0.2) is 13.7 Å². The Kier molecular flexibility index (Phi) is 3.88. The summed E-state index contributed by atoms with van der Waals surface area (Å²) in [4.78, 5) is 0. The van der Waals surface area contributed by atoms with Crippen molar-refractivity contribution in [1.29, 1.82) is 0 Å². The lowest BCUT2D eigenvalue weighted by molar-refractivity contribution is 0.376. The molecule has 1 aliphatic carbocycles. The maximum atomic E-state index is 6.41. The van der Waals surface area contributed by atoms with Gasteiger partial charge in [-0.15, -0.1) is 0 Å². The normalized spacial score (nSPS) is 18.1. The zero-order valence-corrected chi connectivity index (χ0v) is 12.2. The number of hydrogen-bond acceptors (Lipinski definition) is 2. The maximum absolute atomic E-state index is 6.41. The average Bonchev–Trinajstić information content (AvgIpc) is 2.85. The highest BCUT2D eigenvalue weighted by atomic mass is 35.5. The van der Waals surface area contributed by atoms with E-state index in [0.717, 1.165) is 34.7 Å². The topological polar surface area (TPSA) is 35.2 Å². The molecular formula is C15H22ClNO. The largest absolute Gasteiger partial charge is 0.496 e. The molecule has 0 saturated heterocycles. The molecule has 0 aromatic heterocycles. The molecule has 1 fully saturated rings. The fourth-order valence-electron chi connectivity index (χ4n) is 3.35. The van der Waals surface area contributed by atoms with Crippen molar-refractivity contribution in [3.8, 4) is 5.75 Å². The van der Waals surface area contributed by atoms with Crippen LogP contribution in [0.3, 0.4) is 0 Å². The highest BCUT2D eigenvalue weighted by Crippen LogP contribution is 2.47. The van der Waals surface area contributed by atoms with Gasteiger partial charge in [-0.25, -0.2) is 0 Å². The molecule has 1 saturated carbocycles. The summed E-state index contributed by atoms with van der Waals surface area (Å²) >= 11 is 6.41. The Morgan fingerprint density at radius 1 is 1.33 bits per heavy atom. The molecule has 2 N–H and O–H groups in total. The summed E-state index contributed by atoms with van der Waals surface area (Å²) in [6.07, 6.45) is 4.76. The summed E-state index contributed by atoms with van der Waals surface area (Å²) in [6.45, 7) is 4.78. The Balaban J connectivity index is 2.65. The van der Waals surface area contributed by atoms with E-state index in [9.17, 15) is 0 Å². The number of rotatable bonds is 3. The van der Waals surface area contributed by atoms with E-state index in [-0.39, 0.29) is 5.41 Å². The number of methoxy groups -OCH3 is 1. The molecule has 0 atom stereocenters. The number of benzene rings is 1. The minimum Gasteiger partial charge on any atom is -0.496 e. The van der Waals surface area contributed by atoms with E-state index in [0.29, 0.717) is 6.54 Å². The predicted molar refractivity (Wildman–Crippen MR) is 76.7 cm³/mol. The highest BCUT2D eigenvalue weighted by molar-refractivity contribution is 6.32. The quantitative estimate of drug-likeness (QED) is 0.906. The molecule has 1 aromatic carbocycles. The maximum Gasteiger partial charge on any atom is 0.123 e. The molecule has 100 valence electrons. The molecule has 2 rings (SSSR count). The number of hydrogen-bond donors (Lipinski definition) is 1. The standard InChI is InChI=1S/C15H22ClNO/c1-10-8-12(18-3)13(11(2)14(10)16)15(9-17)6-4-5-7-15/h8H,4-7,9,17H2,1-3H3. The van der Waals surface area contributed by atoms with Gasteiger partial charge in [-0.1, -0.05) is 24.4 Å². The SMILES string of the molecule is COc1cc(C)c(Cl)c(C)c1C1(CN)CCCC1. The van der Waals surface area contributed by atoms with Crippen LogP contribution in [-0.2, 0) is 5.41 Å². The van der Waals surface area contributed by atoms with Crippen molar-refractivity contribution < 1.29 is 4.74 Å². The Hall–Kier alpha value is -0.730. The monoisotopic (exact) mass is 267 g/mol. The summed E-state index contributed by atoms with van der Waals surface area (Å²) in [5, 5.41) is 0.852. The lowest BCUT2D eigenvalue weighted by atomic mass is 9.76. The summed E-state index contributed by atoms with van der Waals surface area (Å²) in [5.41, 5.74) is 9.59. The highest BCUT2D eigenvalue weighted by Gasteiger charge is 2.38. The molecule has 3 heteroatoms. The van der Waals surface area contributed by atoms with Crippen LogP contribution in [0.25, 0.3) is 0 Å². The number of halogens is 1. The van der Waals surface area contributed by atoms with E-state index < -0.39 is 0 Å². The molecule has 1 aromatic rings. The summed E-state index contributed by atoms with van der Waals surface area (Å²) in [6, 6.07) is 2.04. The van der Waals surface area contributed by atoms with Crippen LogP contribution in [0.5, 0.6) is 5.75 Å². The Labute approximate surface area is 114 Å². The minimum absolute atomic E-state index is 0.0623. The zero-order chi connectivity index (χ0) is 13.3. The van der Waals surface area contributed by atoms with Crippen molar-refractivity contribution in [2.75, 3.05) is 13.7 Å². The first-order valence-electron chi connectivity index (χ1n) is 6.60. The van der Waals surface area contributed by atoms with Gasteiger partial charge in [-0.3, -0.25) is 0 Å². The molecule has 18 heavy (non-hydrogen) atoms. The smallest absolute Gasteiger partial charge is 0.123 e. The van der Waals surface area contributed by atoms with Gasteiger partial charge in [0.25, 0.3) is 0 Å². The molecule has 0 radical (unpaired) electrons. The van der Waals surface area contributed by atoms with Crippen molar-refractivity contribution in [3.05, 3.63) is 27.8 Å². The average molecular weight is 268 g/mol. The Morgan fingerprint density at radius 2 is 1.94 bits per heavy atom. The molecule has 0 bridgehead atoms. The van der Waals surface area contributed by atoms with Gasteiger partial charge in [0.1, 0.15) is 5.75 Å². The molecule has 0 amide bonds. The molecule has 1 aliphatic rings. The van der Waals surface area contributed by atoms with Crippen LogP contribution >= 0.6 is 11.6 Å². The Morgan fingerprint density at radius 3 is 2.44 bits per heavy atom. The van der Waals surface area contributed by atoms with E-state index in [4.69, 9.17) is 22.1 Å². The third-order valence-corrected chi connectivity index (χ3v) is 4.93. The lowest BCUT2D eigenvalue weighted by Gasteiger charge is -2.32. The second kappa shape index (κ2) is 5.10. The van der Waals surface area contributed by atoms with Gasteiger partial charge in [0.05, 0.1) is 7.11 Å². The fourth-order valence-corrected chi connectivity index (χ4v) is 3.50. The third-order valence-electron chi connectivity index (χ3n) is 4.35. The van der Waals surface area contributed by atoms with Crippen molar-refractivity contribution in [1.82, 2.24) is 0 Å². The van der Waals surface area contributed by atoms with Gasteiger partial charge in [0.2, 0.25) is 0 Å². The molecule has 0 heterocycles. The van der Waals surface area contributed by atoms with Gasteiger partial charge >= 0.3 is 0 Å². The van der Waals surface area contributed by atoms with Crippen molar-refractivity contribution in [2.45, 2.75) is 44.9 Å². The van der Waals surface area contributed by atoms with E-state index in [1.54, 1.807) is 7.11 Å². The second-order valence-electron chi connectivity index (χ2n) is 5.40. The van der Waals surface area contributed by atoms with Crippen molar-refractivity contribution in [2.24, 2.45) is 5.73 Å². The molecular weight excluding hydrogens is 246 g/mol. The first-order valence-corrected chi connectivity index (χ1v) is 6.98. The van der Waals surface area contributed by atoms with Gasteiger partial charge in [0, 0.05) is 22.5 Å². The van der Waals surface area contributed by atoms with Gasteiger partial charge < -0.3 is 10.5 Å². The zero-order valence-electron chi connectivity index (χ0n) is 11.5. The molecule has 0 spiro atoms. The number of ether oxygens (including phenoxy) is 1. The van der Waals surface area contributed by atoms with Gasteiger partial charge in [-0.05, 0) is 43.9 Å². The number of nitrogens with two attached hydrogens (primary N) is 1. The summed E-state index contributed by atoms with van der Waals surface area (Å²) in [5.74, 6) is 0.946. The molecule has 0 unspecified atom stereocenters.